The normalized spacial score (nSPS) is 15.7. The lowest BCUT2D eigenvalue weighted by atomic mass is 10.0. The molecule has 3 aromatic carbocycles. The van der Waals surface area contributed by atoms with E-state index >= 15 is 0 Å². The van der Waals surface area contributed by atoms with Gasteiger partial charge in [-0.2, -0.15) is 0 Å². The van der Waals surface area contributed by atoms with Crippen LogP contribution in [-0.2, 0) is 16.4 Å². The van der Waals surface area contributed by atoms with Crippen LogP contribution in [-0.4, -0.2) is 31.3 Å². The van der Waals surface area contributed by atoms with Gasteiger partial charge in [-0.05, 0) is 66.9 Å². The van der Waals surface area contributed by atoms with Crippen LogP contribution in [0.2, 0.25) is 5.02 Å². The highest BCUT2D eigenvalue weighted by Crippen LogP contribution is 2.39. The van der Waals surface area contributed by atoms with Crippen LogP contribution in [0.3, 0.4) is 0 Å². The first-order chi connectivity index (χ1) is 18.1. The highest BCUT2D eigenvalue weighted by atomic mass is 35.5. The fourth-order valence-corrected chi connectivity index (χ4v) is 6.31. The molecule has 5 rings (SSSR count). The van der Waals surface area contributed by atoms with Crippen LogP contribution in [0.5, 0.6) is 5.75 Å². The van der Waals surface area contributed by atoms with Crippen molar-refractivity contribution >= 4 is 39.0 Å². The van der Waals surface area contributed by atoms with Gasteiger partial charge in [0.25, 0.3) is 10.0 Å². The van der Waals surface area contributed by atoms with Crippen LogP contribution in [0.1, 0.15) is 29.5 Å². The summed E-state index contributed by atoms with van der Waals surface area (Å²) >= 11 is 6.23. The Labute approximate surface area is 223 Å². The number of aryl methyl sites for hydroxylation is 1. The Morgan fingerprint density at radius 3 is 2.71 bits per heavy atom. The van der Waals surface area contributed by atoms with Crippen LogP contribution in [0.15, 0.2) is 74.8 Å². The van der Waals surface area contributed by atoms with E-state index in [1.54, 1.807) is 49.4 Å². The topological polar surface area (TPSA) is 106 Å². The summed E-state index contributed by atoms with van der Waals surface area (Å²) < 4.78 is 54.5. The molecule has 1 atom stereocenters. The van der Waals surface area contributed by atoms with E-state index < -0.39 is 27.7 Å². The van der Waals surface area contributed by atoms with Crippen LogP contribution >= 0.6 is 11.6 Å². The van der Waals surface area contributed by atoms with Gasteiger partial charge in [-0.3, -0.25) is 4.31 Å². The van der Waals surface area contributed by atoms with Gasteiger partial charge in [-0.25, -0.2) is 22.7 Å². The zero-order valence-corrected chi connectivity index (χ0v) is 22.0. The molecular formula is C27H23ClFN3O5S. The molecule has 196 valence electrons. The Hall–Kier alpha value is -3.89. The molecule has 0 saturated carbocycles. The van der Waals surface area contributed by atoms with Gasteiger partial charge in [0.05, 0.1) is 28.6 Å². The lowest BCUT2D eigenvalue weighted by Crippen LogP contribution is -2.44. The van der Waals surface area contributed by atoms with Crippen molar-refractivity contribution in [2.45, 2.75) is 31.3 Å². The predicted molar refractivity (Wildman–Crippen MR) is 142 cm³/mol. The van der Waals surface area contributed by atoms with Crippen molar-refractivity contribution in [1.82, 2.24) is 10.2 Å². The molecule has 1 aromatic heterocycles. The van der Waals surface area contributed by atoms with Crippen molar-refractivity contribution in [3.05, 3.63) is 105 Å². The first-order valence-corrected chi connectivity index (χ1v) is 13.5. The van der Waals surface area contributed by atoms with E-state index in [-0.39, 0.29) is 34.3 Å². The van der Waals surface area contributed by atoms with Crippen LogP contribution in [0.4, 0.5) is 10.1 Å². The average Bonchev–Trinajstić information content (AvgIpc) is 3.28. The van der Waals surface area contributed by atoms with Crippen LogP contribution in [0, 0.1) is 12.7 Å². The van der Waals surface area contributed by atoms with Crippen molar-refractivity contribution in [3.63, 3.8) is 0 Å². The third-order valence-corrected chi connectivity index (χ3v) is 8.21. The Morgan fingerprint density at radius 1 is 1.21 bits per heavy atom. The number of benzene rings is 3. The highest BCUT2D eigenvalue weighted by molar-refractivity contribution is 7.92. The number of halogens is 2. The molecule has 1 aliphatic rings. The van der Waals surface area contributed by atoms with Crippen molar-refractivity contribution in [3.8, 4) is 5.75 Å². The van der Waals surface area contributed by atoms with Gasteiger partial charge >= 0.3 is 5.76 Å². The monoisotopic (exact) mass is 555 g/mol. The van der Waals surface area contributed by atoms with E-state index in [1.165, 1.54) is 22.5 Å². The van der Waals surface area contributed by atoms with Gasteiger partial charge in [0.15, 0.2) is 0 Å². The predicted octanol–water partition coefficient (Wildman–Crippen LogP) is 5.22. The molecule has 0 bridgehead atoms. The summed E-state index contributed by atoms with van der Waals surface area (Å²) in [5.74, 6) is -0.728. The number of anilines is 1. The lowest BCUT2D eigenvalue weighted by Gasteiger charge is -2.35. The number of aromatic amines is 1. The molecular weight excluding hydrogens is 533 g/mol. The lowest BCUT2D eigenvalue weighted by molar-refractivity contribution is 0.189. The number of aromatic nitrogens is 2. The number of H-pyrrole nitrogens is 1. The van der Waals surface area contributed by atoms with E-state index in [2.05, 4.69) is 10.2 Å². The number of rotatable bonds is 6. The smallest absolute Gasteiger partial charge is 0.434 e. The number of nitrogens with zero attached hydrogens (tertiary/aromatic N) is 2. The first-order valence-electron chi connectivity index (χ1n) is 11.7. The van der Waals surface area contributed by atoms with E-state index in [1.807, 2.05) is 13.0 Å². The SMILES string of the molecule is C/C(=C\c1ccc2c(c1)N(S(=O)(=O)c1cccc(C)c1)C[C@H](Cc1n[nH]c(=O)o1)O2)c1c(F)cccc1Cl. The summed E-state index contributed by atoms with van der Waals surface area (Å²) in [7, 11) is -4.00. The van der Waals surface area contributed by atoms with Crippen LogP contribution < -0.4 is 14.8 Å². The van der Waals surface area contributed by atoms with Gasteiger partial charge in [-0.1, -0.05) is 41.9 Å². The molecule has 0 saturated heterocycles. The fourth-order valence-electron chi connectivity index (χ4n) is 4.40. The fraction of sp³-hybridized carbons (Fsp3) is 0.185. The Kier molecular flexibility index (Phi) is 6.85. The zero-order chi connectivity index (χ0) is 27.0. The number of sulfonamides is 1. The van der Waals surface area contributed by atoms with Crippen molar-refractivity contribution in [2.24, 2.45) is 0 Å². The van der Waals surface area contributed by atoms with Crippen LogP contribution in [0.25, 0.3) is 11.6 Å². The molecule has 0 amide bonds. The number of hydrogen-bond donors (Lipinski definition) is 1. The summed E-state index contributed by atoms with van der Waals surface area (Å²) in [6.07, 6.45) is 1.13. The zero-order valence-electron chi connectivity index (χ0n) is 20.4. The molecule has 8 nitrogen and oxygen atoms in total. The standard InChI is InChI=1S/C27H23ClFN3O5S/c1-16-5-3-6-20(11-16)38(34,35)32-15-19(14-25-30-31-27(33)37-25)36-24-10-9-18(13-23(24)32)12-17(2)26-21(28)7-4-8-22(26)29/h3-13,19H,14-15H2,1-2H3,(H,31,33)/b17-12+/t19-/m0/s1. The maximum atomic E-state index is 14.5. The first kappa shape index (κ1) is 25.7. The molecule has 2 heterocycles. The van der Waals surface area contributed by atoms with Gasteiger partial charge in [0.1, 0.15) is 17.7 Å². The maximum absolute atomic E-state index is 14.5. The summed E-state index contributed by atoms with van der Waals surface area (Å²) in [4.78, 5) is 11.5. The van der Waals surface area contributed by atoms with Gasteiger partial charge in [-0.15, -0.1) is 5.10 Å². The van der Waals surface area contributed by atoms with E-state index in [4.69, 9.17) is 20.8 Å². The van der Waals surface area contributed by atoms with Crippen molar-refractivity contribution in [1.29, 1.82) is 0 Å². The third-order valence-electron chi connectivity index (χ3n) is 6.12. The summed E-state index contributed by atoms with van der Waals surface area (Å²) in [5.41, 5.74) is 2.60. The molecule has 11 heteroatoms. The van der Waals surface area contributed by atoms with E-state index in [0.29, 0.717) is 22.6 Å². The minimum absolute atomic E-state index is 0.0505. The molecule has 38 heavy (non-hydrogen) atoms. The minimum Gasteiger partial charge on any atom is -0.486 e. The Balaban J connectivity index is 1.58. The molecule has 0 unspecified atom stereocenters. The van der Waals surface area contributed by atoms with E-state index in [0.717, 1.165) is 5.56 Å². The molecule has 4 aromatic rings. The summed E-state index contributed by atoms with van der Waals surface area (Å²) in [5, 5.41) is 6.28. The molecule has 1 N–H and O–H groups in total. The second-order valence-corrected chi connectivity index (χ2v) is 11.2. The average molecular weight is 556 g/mol. The molecule has 1 aliphatic heterocycles. The number of fused-ring (bicyclic) bond motifs is 1. The number of allylic oxidation sites excluding steroid dienone is 1. The largest absolute Gasteiger partial charge is 0.486 e. The van der Waals surface area contributed by atoms with E-state index in [9.17, 15) is 17.6 Å². The molecule has 0 fully saturated rings. The quantitative estimate of drug-likeness (QED) is 0.327. The maximum Gasteiger partial charge on any atom is 0.434 e. The molecule has 0 radical (unpaired) electrons. The molecule has 0 spiro atoms. The summed E-state index contributed by atoms with van der Waals surface area (Å²) in [6, 6.07) is 16.2. The minimum atomic E-state index is -4.00. The van der Waals surface area contributed by atoms with Crippen molar-refractivity contribution < 1.29 is 22.0 Å². The number of ether oxygens (including phenoxy) is 1. The van der Waals surface area contributed by atoms with Gasteiger partial charge in [0, 0.05) is 5.56 Å². The second kappa shape index (κ2) is 10.1. The number of nitrogens with one attached hydrogen (secondary N) is 1. The Bertz CT molecular complexity index is 1690. The van der Waals surface area contributed by atoms with Gasteiger partial charge in [0.2, 0.25) is 5.89 Å². The summed E-state index contributed by atoms with van der Waals surface area (Å²) in [6.45, 7) is 3.49. The second-order valence-electron chi connectivity index (χ2n) is 8.95. The van der Waals surface area contributed by atoms with Crippen molar-refractivity contribution in [2.75, 3.05) is 10.8 Å². The third kappa shape index (κ3) is 5.09. The van der Waals surface area contributed by atoms with Gasteiger partial charge < -0.3 is 9.15 Å². The highest BCUT2D eigenvalue weighted by Gasteiger charge is 2.35. The number of hydrogen-bond acceptors (Lipinski definition) is 6. The molecule has 0 aliphatic carbocycles. The Morgan fingerprint density at radius 2 is 2.00 bits per heavy atom.